The van der Waals surface area contributed by atoms with Gasteiger partial charge in [0, 0.05) is 4.88 Å². The molecular weight excluding hydrogens is 296 g/mol. The largest absolute Gasteiger partial charge is 0.388 e. The molecule has 1 nitrogen and oxygen atoms in total. The summed E-state index contributed by atoms with van der Waals surface area (Å²) in [6.45, 7) is 2.08. The van der Waals surface area contributed by atoms with Crippen molar-refractivity contribution in [2.45, 2.75) is 58.0 Å². The Hall–Kier alpha value is 0.140. The highest BCUT2D eigenvalue weighted by Crippen LogP contribution is 2.35. The fourth-order valence-corrected chi connectivity index (χ4v) is 4.25. The average Bonchev–Trinajstić information content (AvgIpc) is 2.68. The van der Waals surface area contributed by atoms with E-state index in [-0.39, 0.29) is 6.10 Å². The lowest BCUT2D eigenvalue weighted by molar-refractivity contribution is 0.154. The van der Waals surface area contributed by atoms with Crippen LogP contribution in [0.2, 0.25) is 0 Å². The summed E-state index contributed by atoms with van der Waals surface area (Å²) in [7, 11) is 0. The van der Waals surface area contributed by atoms with E-state index in [1.807, 2.05) is 0 Å². The standard InChI is InChI=1S/C14H21BrOS/c1-10-9-13(17-14(10)15)12(16)8-7-11-5-3-2-4-6-11/h9,11-12,16H,2-8H2,1H3. The van der Waals surface area contributed by atoms with E-state index in [2.05, 4.69) is 28.9 Å². The first kappa shape index (κ1) is 13.6. The SMILES string of the molecule is Cc1cc(C(O)CCC2CCCCC2)sc1Br. The topological polar surface area (TPSA) is 20.2 Å². The Kier molecular flexibility index (Phi) is 5.07. The van der Waals surface area contributed by atoms with Crippen LogP contribution in [0.3, 0.4) is 0 Å². The van der Waals surface area contributed by atoms with Crippen molar-refractivity contribution in [2.75, 3.05) is 0 Å². The van der Waals surface area contributed by atoms with Crippen molar-refractivity contribution in [1.29, 1.82) is 0 Å². The van der Waals surface area contributed by atoms with Crippen molar-refractivity contribution in [3.8, 4) is 0 Å². The summed E-state index contributed by atoms with van der Waals surface area (Å²) in [5.74, 6) is 0.864. The van der Waals surface area contributed by atoms with Gasteiger partial charge < -0.3 is 5.11 Å². The minimum atomic E-state index is -0.257. The van der Waals surface area contributed by atoms with Gasteiger partial charge in [0.15, 0.2) is 0 Å². The van der Waals surface area contributed by atoms with Gasteiger partial charge in [0.05, 0.1) is 9.89 Å². The van der Waals surface area contributed by atoms with Crippen molar-refractivity contribution >= 4 is 27.3 Å². The Morgan fingerprint density at radius 3 is 2.71 bits per heavy atom. The Bertz CT molecular complexity index is 336. The van der Waals surface area contributed by atoms with E-state index in [0.29, 0.717) is 0 Å². The van der Waals surface area contributed by atoms with Gasteiger partial charge in [0.25, 0.3) is 0 Å². The third-order valence-corrected chi connectivity index (χ3v) is 6.02. The van der Waals surface area contributed by atoms with Crippen LogP contribution in [0.1, 0.15) is 61.5 Å². The molecule has 1 aromatic heterocycles. The van der Waals surface area contributed by atoms with E-state index in [9.17, 15) is 5.11 Å². The van der Waals surface area contributed by atoms with E-state index < -0.39 is 0 Å². The molecule has 1 atom stereocenters. The van der Waals surface area contributed by atoms with E-state index in [0.717, 1.165) is 21.0 Å². The maximum atomic E-state index is 10.2. The van der Waals surface area contributed by atoms with E-state index >= 15 is 0 Å². The first-order valence-electron chi connectivity index (χ1n) is 6.60. The molecule has 0 saturated heterocycles. The molecule has 0 bridgehead atoms. The van der Waals surface area contributed by atoms with Gasteiger partial charge in [-0.15, -0.1) is 11.3 Å². The van der Waals surface area contributed by atoms with Crippen LogP contribution in [0.5, 0.6) is 0 Å². The predicted octanol–water partition coefficient (Wildman–Crippen LogP) is 5.21. The third-order valence-electron chi connectivity index (χ3n) is 3.78. The second kappa shape index (κ2) is 6.35. The Labute approximate surface area is 116 Å². The zero-order valence-corrected chi connectivity index (χ0v) is 12.8. The molecule has 2 rings (SSSR count). The predicted molar refractivity (Wildman–Crippen MR) is 77.5 cm³/mol. The van der Waals surface area contributed by atoms with Crippen LogP contribution < -0.4 is 0 Å². The molecule has 1 aliphatic carbocycles. The molecule has 0 aliphatic heterocycles. The number of aliphatic hydroxyl groups excluding tert-OH is 1. The van der Waals surface area contributed by atoms with E-state index in [4.69, 9.17) is 0 Å². The highest BCUT2D eigenvalue weighted by molar-refractivity contribution is 9.11. The van der Waals surface area contributed by atoms with Crippen LogP contribution in [0, 0.1) is 12.8 Å². The quantitative estimate of drug-likeness (QED) is 0.808. The summed E-state index contributed by atoms with van der Waals surface area (Å²) in [5.41, 5.74) is 1.24. The summed E-state index contributed by atoms with van der Waals surface area (Å²) in [5, 5.41) is 10.2. The zero-order chi connectivity index (χ0) is 12.3. The third kappa shape index (κ3) is 3.80. The lowest BCUT2D eigenvalue weighted by Gasteiger charge is -2.22. The van der Waals surface area contributed by atoms with Crippen molar-refractivity contribution < 1.29 is 5.11 Å². The van der Waals surface area contributed by atoms with Gasteiger partial charge in [-0.05, 0) is 53.2 Å². The lowest BCUT2D eigenvalue weighted by Crippen LogP contribution is -2.08. The molecule has 1 aromatic rings. The van der Waals surface area contributed by atoms with Gasteiger partial charge in [-0.1, -0.05) is 32.1 Å². The fourth-order valence-electron chi connectivity index (χ4n) is 2.66. The van der Waals surface area contributed by atoms with Crippen LogP contribution >= 0.6 is 27.3 Å². The van der Waals surface area contributed by atoms with Crippen LogP contribution in [0.4, 0.5) is 0 Å². The molecule has 0 spiro atoms. The maximum absolute atomic E-state index is 10.2. The molecule has 0 aromatic carbocycles. The van der Waals surface area contributed by atoms with E-state index in [1.165, 1.54) is 44.1 Å². The first-order valence-corrected chi connectivity index (χ1v) is 8.21. The molecule has 1 N–H and O–H groups in total. The lowest BCUT2D eigenvalue weighted by atomic mass is 9.85. The summed E-state index contributed by atoms with van der Waals surface area (Å²) < 4.78 is 1.16. The Balaban J connectivity index is 1.82. The molecule has 1 heterocycles. The second-order valence-electron chi connectivity index (χ2n) is 5.20. The Morgan fingerprint density at radius 1 is 1.41 bits per heavy atom. The normalized spacial score (nSPS) is 19.5. The van der Waals surface area contributed by atoms with E-state index in [1.54, 1.807) is 11.3 Å². The number of halogens is 1. The minimum absolute atomic E-state index is 0.257. The fraction of sp³-hybridized carbons (Fsp3) is 0.714. The molecule has 0 radical (unpaired) electrons. The number of aryl methyl sites for hydroxylation is 1. The van der Waals surface area contributed by atoms with Crippen molar-refractivity contribution in [3.05, 3.63) is 20.3 Å². The van der Waals surface area contributed by atoms with Crippen LogP contribution in [-0.2, 0) is 0 Å². The number of thiophene rings is 1. The maximum Gasteiger partial charge on any atom is 0.0882 e. The monoisotopic (exact) mass is 316 g/mol. The zero-order valence-electron chi connectivity index (χ0n) is 10.4. The van der Waals surface area contributed by atoms with Crippen molar-refractivity contribution in [2.24, 2.45) is 5.92 Å². The minimum Gasteiger partial charge on any atom is -0.388 e. The number of aliphatic hydroxyl groups is 1. The molecule has 96 valence electrons. The molecule has 1 aliphatic rings. The highest BCUT2D eigenvalue weighted by atomic mass is 79.9. The summed E-state index contributed by atoms with van der Waals surface area (Å²) in [6.07, 6.45) is 8.81. The second-order valence-corrected chi connectivity index (χ2v) is 7.60. The van der Waals surface area contributed by atoms with Crippen LogP contribution in [0.15, 0.2) is 9.85 Å². The smallest absolute Gasteiger partial charge is 0.0882 e. The molecule has 1 saturated carbocycles. The summed E-state index contributed by atoms with van der Waals surface area (Å²) >= 11 is 5.20. The molecular formula is C14H21BrOS. The van der Waals surface area contributed by atoms with Crippen molar-refractivity contribution in [1.82, 2.24) is 0 Å². The molecule has 1 unspecified atom stereocenters. The average molecular weight is 317 g/mol. The van der Waals surface area contributed by atoms with Crippen LogP contribution in [-0.4, -0.2) is 5.11 Å². The summed E-state index contributed by atoms with van der Waals surface area (Å²) in [4.78, 5) is 1.12. The first-order chi connectivity index (χ1) is 8.16. The Morgan fingerprint density at radius 2 is 2.12 bits per heavy atom. The molecule has 17 heavy (non-hydrogen) atoms. The van der Waals surface area contributed by atoms with Gasteiger partial charge in [-0.3, -0.25) is 0 Å². The highest BCUT2D eigenvalue weighted by Gasteiger charge is 2.17. The molecule has 3 heteroatoms. The van der Waals surface area contributed by atoms with Gasteiger partial charge in [0.1, 0.15) is 0 Å². The molecule has 1 fully saturated rings. The molecule has 0 amide bonds. The van der Waals surface area contributed by atoms with Gasteiger partial charge in [-0.25, -0.2) is 0 Å². The van der Waals surface area contributed by atoms with Gasteiger partial charge >= 0.3 is 0 Å². The number of rotatable bonds is 4. The number of hydrogen-bond acceptors (Lipinski definition) is 2. The van der Waals surface area contributed by atoms with Crippen LogP contribution in [0.25, 0.3) is 0 Å². The van der Waals surface area contributed by atoms with Gasteiger partial charge in [0.2, 0.25) is 0 Å². The van der Waals surface area contributed by atoms with Crippen molar-refractivity contribution in [3.63, 3.8) is 0 Å². The number of hydrogen-bond donors (Lipinski definition) is 1. The van der Waals surface area contributed by atoms with Gasteiger partial charge in [-0.2, -0.15) is 0 Å². The summed E-state index contributed by atoms with van der Waals surface area (Å²) in [6, 6.07) is 2.11.